The van der Waals surface area contributed by atoms with E-state index in [0.29, 0.717) is 0 Å². The molecule has 1 N–H and O–H groups in total. The maximum atomic E-state index is 12.5. The Labute approximate surface area is 111 Å². The third-order valence-corrected chi connectivity index (χ3v) is 3.03. The normalized spacial score (nSPS) is 17.9. The molecule has 0 aliphatic heterocycles. The van der Waals surface area contributed by atoms with Gasteiger partial charge < -0.3 is 10.1 Å². The summed E-state index contributed by atoms with van der Waals surface area (Å²) in [7, 11) is 1.24. The number of nitrogens with zero attached hydrogens (tertiary/aromatic N) is 1. The van der Waals surface area contributed by atoms with Gasteiger partial charge in [0.1, 0.15) is 6.04 Å². The summed E-state index contributed by atoms with van der Waals surface area (Å²) in [5.74, 6) is -0.514. The fourth-order valence-corrected chi connectivity index (χ4v) is 1.79. The number of halogens is 3. The summed E-state index contributed by atoms with van der Waals surface area (Å²) < 4.78 is 42.1. The van der Waals surface area contributed by atoms with Crippen molar-refractivity contribution in [3.63, 3.8) is 0 Å². The summed E-state index contributed by atoms with van der Waals surface area (Å²) in [6, 6.07) is -0.777. The van der Waals surface area contributed by atoms with E-state index in [-0.39, 0.29) is 18.6 Å². The van der Waals surface area contributed by atoms with Gasteiger partial charge in [0, 0.05) is 18.6 Å². The molecule has 1 atom stereocenters. The first-order valence-corrected chi connectivity index (χ1v) is 6.37. The zero-order chi connectivity index (χ0) is 14.6. The molecule has 1 rings (SSSR count). The molecule has 112 valence electrons. The van der Waals surface area contributed by atoms with E-state index < -0.39 is 24.7 Å². The second kappa shape index (κ2) is 6.56. The highest BCUT2D eigenvalue weighted by atomic mass is 19.4. The average Bonchev–Trinajstić information content (AvgIpc) is 3.08. The Morgan fingerprint density at radius 1 is 1.42 bits per heavy atom. The first-order chi connectivity index (χ1) is 8.73. The molecular formula is C12H21F3N2O2. The van der Waals surface area contributed by atoms with Crippen molar-refractivity contribution in [2.45, 2.75) is 51.0 Å². The number of ether oxygens (including phenoxy) is 1. The lowest BCUT2D eigenvalue weighted by atomic mass is 10.2. The van der Waals surface area contributed by atoms with Gasteiger partial charge in [-0.1, -0.05) is 0 Å². The van der Waals surface area contributed by atoms with Gasteiger partial charge in [0.25, 0.3) is 0 Å². The predicted molar refractivity (Wildman–Crippen MR) is 64.7 cm³/mol. The number of nitrogens with one attached hydrogen (secondary N) is 1. The molecule has 0 spiro atoms. The minimum atomic E-state index is -4.27. The average molecular weight is 282 g/mol. The topological polar surface area (TPSA) is 41.6 Å². The molecule has 0 radical (unpaired) electrons. The van der Waals surface area contributed by atoms with Gasteiger partial charge >= 0.3 is 12.1 Å². The van der Waals surface area contributed by atoms with Crippen LogP contribution in [0.2, 0.25) is 0 Å². The van der Waals surface area contributed by atoms with Gasteiger partial charge in [0.2, 0.25) is 0 Å². The third-order valence-electron chi connectivity index (χ3n) is 3.03. The fraction of sp³-hybridized carbons (Fsp3) is 0.917. The van der Waals surface area contributed by atoms with Crippen molar-refractivity contribution in [3.05, 3.63) is 0 Å². The van der Waals surface area contributed by atoms with Crippen molar-refractivity contribution in [1.82, 2.24) is 10.2 Å². The third kappa shape index (κ3) is 6.24. The number of hydrogen-bond acceptors (Lipinski definition) is 4. The molecule has 19 heavy (non-hydrogen) atoms. The Hall–Kier alpha value is -0.820. The first kappa shape index (κ1) is 16.2. The molecule has 7 heteroatoms. The minimum Gasteiger partial charge on any atom is -0.468 e. The number of carbonyl (C=O) groups is 1. The molecule has 0 aromatic heterocycles. The maximum absolute atomic E-state index is 12.5. The van der Waals surface area contributed by atoms with Gasteiger partial charge in [0.05, 0.1) is 13.7 Å². The Morgan fingerprint density at radius 3 is 2.37 bits per heavy atom. The summed E-state index contributed by atoms with van der Waals surface area (Å²) in [5, 5.41) is 3.03. The van der Waals surface area contributed by atoms with Crippen LogP contribution in [0.1, 0.15) is 26.7 Å². The molecule has 0 aromatic carbocycles. The molecule has 1 unspecified atom stereocenters. The molecule has 0 saturated heterocycles. The van der Waals surface area contributed by atoms with Crippen molar-refractivity contribution in [2.24, 2.45) is 0 Å². The van der Waals surface area contributed by atoms with Crippen LogP contribution in [0.15, 0.2) is 0 Å². The van der Waals surface area contributed by atoms with Crippen LogP contribution in [0.5, 0.6) is 0 Å². The Balaban J connectivity index is 2.63. The molecule has 0 bridgehead atoms. The van der Waals surface area contributed by atoms with Crippen LogP contribution >= 0.6 is 0 Å². The van der Waals surface area contributed by atoms with Gasteiger partial charge in [-0.05, 0) is 26.7 Å². The summed E-state index contributed by atoms with van der Waals surface area (Å²) in [5.41, 5.74) is 0. The highest BCUT2D eigenvalue weighted by molar-refractivity contribution is 5.76. The van der Waals surface area contributed by atoms with Crippen LogP contribution in [0, 0.1) is 0 Å². The van der Waals surface area contributed by atoms with Crippen molar-refractivity contribution in [2.75, 3.05) is 20.2 Å². The van der Waals surface area contributed by atoms with Crippen LogP contribution in [0.3, 0.4) is 0 Å². The lowest BCUT2D eigenvalue weighted by molar-refractivity contribution is -0.155. The summed E-state index contributed by atoms with van der Waals surface area (Å²) in [6.45, 7) is 2.33. The highest BCUT2D eigenvalue weighted by Gasteiger charge is 2.36. The van der Waals surface area contributed by atoms with Crippen molar-refractivity contribution >= 4 is 5.97 Å². The van der Waals surface area contributed by atoms with Crippen LogP contribution in [-0.2, 0) is 9.53 Å². The fourth-order valence-electron chi connectivity index (χ4n) is 1.79. The SMILES string of the molecule is COC(=O)C(CN(CC(F)(F)F)C(C)C)NC1CC1. The molecule has 1 saturated carbocycles. The largest absolute Gasteiger partial charge is 0.468 e. The number of methoxy groups -OCH3 is 1. The van der Waals surface area contributed by atoms with Crippen molar-refractivity contribution in [1.29, 1.82) is 0 Å². The zero-order valence-electron chi connectivity index (χ0n) is 11.5. The number of hydrogen-bond donors (Lipinski definition) is 1. The molecule has 0 heterocycles. The lowest BCUT2D eigenvalue weighted by Gasteiger charge is -2.30. The van der Waals surface area contributed by atoms with E-state index in [1.165, 1.54) is 12.0 Å². The Morgan fingerprint density at radius 2 is 2.00 bits per heavy atom. The van der Waals surface area contributed by atoms with Crippen LogP contribution < -0.4 is 5.32 Å². The van der Waals surface area contributed by atoms with E-state index in [9.17, 15) is 18.0 Å². The summed E-state index contributed by atoms with van der Waals surface area (Å²) >= 11 is 0. The quantitative estimate of drug-likeness (QED) is 0.719. The molecule has 0 aromatic rings. The molecule has 0 amide bonds. The maximum Gasteiger partial charge on any atom is 0.401 e. The second-order valence-electron chi connectivity index (χ2n) is 5.16. The Kier molecular flexibility index (Phi) is 5.61. The van der Waals surface area contributed by atoms with Gasteiger partial charge in [-0.2, -0.15) is 13.2 Å². The number of rotatable bonds is 7. The van der Waals surface area contributed by atoms with Crippen molar-refractivity contribution < 1.29 is 22.7 Å². The van der Waals surface area contributed by atoms with Gasteiger partial charge in [-0.3, -0.25) is 9.69 Å². The van der Waals surface area contributed by atoms with E-state index in [0.717, 1.165) is 12.8 Å². The minimum absolute atomic E-state index is 0.000347. The van der Waals surface area contributed by atoms with E-state index in [2.05, 4.69) is 10.1 Å². The lowest BCUT2D eigenvalue weighted by Crippen LogP contribution is -2.51. The van der Waals surface area contributed by atoms with Gasteiger partial charge in [0.15, 0.2) is 0 Å². The summed E-state index contributed by atoms with van der Waals surface area (Å²) in [6.07, 6.45) is -2.37. The molecule has 1 aliphatic rings. The molecular weight excluding hydrogens is 261 g/mol. The monoisotopic (exact) mass is 282 g/mol. The van der Waals surface area contributed by atoms with Gasteiger partial charge in [-0.15, -0.1) is 0 Å². The number of alkyl halides is 3. The molecule has 1 fully saturated rings. The van der Waals surface area contributed by atoms with Crippen LogP contribution in [0.25, 0.3) is 0 Å². The molecule has 4 nitrogen and oxygen atoms in total. The second-order valence-corrected chi connectivity index (χ2v) is 5.16. The van der Waals surface area contributed by atoms with E-state index >= 15 is 0 Å². The standard InChI is InChI=1S/C12H21F3N2O2/c1-8(2)17(7-12(13,14)15)6-10(11(18)19-3)16-9-4-5-9/h8-10,16H,4-7H2,1-3H3. The van der Waals surface area contributed by atoms with E-state index in [1.807, 2.05) is 0 Å². The van der Waals surface area contributed by atoms with Crippen LogP contribution in [0.4, 0.5) is 13.2 Å². The predicted octanol–water partition coefficient (Wildman–Crippen LogP) is 1.55. The number of esters is 1. The Bertz CT molecular complexity index is 304. The van der Waals surface area contributed by atoms with Crippen LogP contribution in [-0.4, -0.2) is 55.4 Å². The first-order valence-electron chi connectivity index (χ1n) is 6.37. The summed E-state index contributed by atoms with van der Waals surface area (Å²) in [4.78, 5) is 12.8. The van der Waals surface area contributed by atoms with Crippen molar-refractivity contribution in [3.8, 4) is 0 Å². The zero-order valence-corrected chi connectivity index (χ0v) is 11.5. The smallest absolute Gasteiger partial charge is 0.401 e. The molecule has 1 aliphatic carbocycles. The highest BCUT2D eigenvalue weighted by Crippen LogP contribution is 2.21. The van der Waals surface area contributed by atoms with E-state index in [4.69, 9.17) is 0 Å². The van der Waals surface area contributed by atoms with Gasteiger partial charge in [-0.25, -0.2) is 0 Å². The van der Waals surface area contributed by atoms with E-state index in [1.54, 1.807) is 13.8 Å². The number of carbonyl (C=O) groups excluding carboxylic acids is 1.